The molecule has 0 aliphatic carbocycles. The van der Waals surface area contributed by atoms with Gasteiger partial charge in [-0.2, -0.15) is 0 Å². The summed E-state index contributed by atoms with van der Waals surface area (Å²) in [7, 11) is 1.27. The number of hydrogen-bond acceptors (Lipinski definition) is 6. The van der Waals surface area contributed by atoms with Crippen molar-refractivity contribution in [2.75, 3.05) is 18.2 Å². The maximum Gasteiger partial charge on any atom is 0.341 e. The van der Waals surface area contributed by atoms with Crippen molar-refractivity contribution in [1.29, 1.82) is 0 Å². The molecule has 7 heteroatoms. The molecule has 0 aromatic carbocycles. The van der Waals surface area contributed by atoms with Gasteiger partial charge in [0.25, 0.3) is 0 Å². The van der Waals surface area contributed by atoms with Gasteiger partial charge in [-0.05, 0) is 26.8 Å². The van der Waals surface area contributed by atoms with Gasteiger partial charge in [-0.3, -0.25) is 4.79 Å². The third-order valence-electron chi connectivity index (χ3n) is 2.49. The zero-order chi connectivity index (χ0) is 15.3. The first-order valence-corrected chi connectivity index (χ1v) is 6.26. The number of carbonyl (C=O) groups is 2. The number of esters is 1. The summed E-state index contributed by atoms with van der Waals surface area (Å²) in [5, 5.41) is 5.65. The van der Waals surface area contributed by atoms with E-state index < -0.39 is 12.0 Å². The molecule has 1 aromatic heterocycles. The smallest absolute Gasteiger partial charge is 0.341 e. The molecule has 0 saturated carbocycles. The first-order valence-electron chi connectivity index (χ1n) is 6.26. The first kappa shape index (κ1) is 15.7. The highest BCUT2D eigenvalue weighted by Gasteiger charge is 2.19. The number of ether oxygens (including phenoxy) is 1. The average molecular weight is 280 g/mol. The van der Waals surface area contributed by atoms with Crippen LogP contribution in [0.3, 0.4) is 0 Å². The van der Waals surface area contributed by atoms with E-state index in [0.717, 1.165) is 0 Å². The van der Waals surface area contributed by atoms with E-state index in [2.05, 4.69) is 20.4 Å². The standard InChI is InChI=1S/C13H20N4O3/c1-7(2)16-12(18)8(3)17-11-10(13(19)20-4)5-9(14)6-15-11/h5-8H,14H2,1-4H3,(H,15,17)(H,16,18). The number of anilines is 2. The van der Waals surface area contributed by atoms with Crippen LogP contribution in [0.2, 0.25) is 0 Å². The minimum absolute atomic E-state index is 0.0335. The SMILES string of the molecule is COC(=O)c1cc(N)cnc1NC(C)C(=O)NC(C)C. The second-order valence-electron chi connectivity index (χ2n) is 4.69. The van der Waals surface area contributed by atoms with Crippen LogP contribution < -0.4 is 16.4 Å². The Morgan fingerprint density at radius 2 is 2.00 bits per heavy atom. The summed E-state index contributed by atoms with van der Waals surface area (Å²) >= 11 is 0. The van der Waals surface area contributed by atoms with E-state index in [-0.39, 0.29) is 23.3 Å². The topological polar surface area (TPSA) is 106 Å². The van der Waals surface area contributed by atoms with Crippen LogP contribution in [0.1, 0.15) is 31.1 Å². The third kappa shape index (κ3) is 4.11. The predicted molar refractivity (Wildman–Crippen MR) is 76.4 cm³/mol. The number of pyridine rings is 1. The number of hydrogen-bond donors (Lipinski definition) is 3. The van der Waals surface area contributed by atoms with Crippen molar-refractivity contribution in [2.45, 2.75) is 32.9 Å². The Labute approximate surface area is 117 Å². The number of nitrogens with two attached hydrogens (primary N) is 1. The van der Waals surface area contributed by atoms with Crippen LogP contribution in [0.25, 0.3) is 0 Å². The Morgan fingerprint density at radius 3 is 2.55 bits per heavy atom. The normalized spacial score (nSPS) is 11.8. The summed E-state index contributed by atoms with van der Waals surface area (Å²) in [6, 6.07) is 0.942. The molecule has 0 aliphatic heterocycles. The maximum atomic E-state index is 11.8. The molecule has 1 unspecified atom stereocenters. The summed E-state index contributed by atoms with van der Waals surface area (Å²) < 4.78 is 4.66. The lowest BCUT2D eigenvalue weighted by Crippen LogP contribution is -2.41. The van der Waals surface area contributed by atoms with Gasteiger partial charge in [0, 0.05) is 6.04 Å². The lowest BCUT2D eigenvalue weighted by atomic mass is 10.2. The number of nitrogens with one attached hydrogen (secondary N) is 2. The number of aromatic nitrogens is 1. The van der Waals surface area contributed by atoms with E-state index in [1.165, 1.54) is 19.4 Å². The van der Waals surface area contributed by atoms with Gasteiger partial charge in [0.15, 0.2) is 0 Å². The molecular weight excluding hydrogens is 260 g/mol. The van der Waals surface area contributed by atoms with E-state index in [1.807, 2.05) is 13.8 Å². The molecule has 7 nitrogen and oxygen atoms in total. The quantitative estimate of drug-likeness (QED) is 0.688. The molecule has 0 saturated heterocycles. The fourth-order valence-corrected chi connectivity index (χ4v) is 1.54. The summed E-state index contributed by atoms with van der Waals surface area (Å²) in [6.45, 7) is 5.41. The molecule has 1 aromatic rings. The van der Waals surface area contributed by atoms with Crippen LogP contribution in [0.15, 0.2) is 12.3 Å². The van der Waals surface area contributed by atoms with Gasteiger partial charge in [0.2, 0.25) is 5.91 Å². The second kappa shape index (κ2) is 6.74. The summed E-state index contributed by atoms with van der Waals surface area (Å²) in [5.74, 6) is -0.490. The molecule has 1 rings (SSSR count). The number of carbonyl (C=O) groups excluding carboxylic acids is 2. The zero-order valence-corrected chi connectivity index (χ0v) is 12.1. The average Bonchev–Trinajstić information content (AvgIpc) is 2.38. The Kier molecular flexibility index (Phi) is 5.31. The van der Waals surface area contributed by atoms with Crippen molar-refractivity contribution in [3.63, 3.8) is 0 Å². The first-order chi connectivity index (χ1) is 9.35. The molecule has 0 spiro atoms. The number of nitrogens with zero attached hydrogens (tertiary/aromatic N) is 1. The molecule has 0 radical (unpaired) electrons. The van der Waals surface area contributed by atoms with E-state index in [4.69, 9.17) is 5.73 Å². The second-order valence-corrected chi connectivity index (χ2v) is 4.69. The molecule has 0 bridgehead atoms. The van der Waals surface area contributed by atoms with Crippen LogP contribution >= 0.6 is 0 Å². The molecule has 4 N–H and O–H groups in total. The van der Waals surface area contributed by atoms with Crippen LogP contribution in [-0.2, 0) is 9.53 Å². The van der Waals surface area contributed by atoms with Crippen LogP contribution in [0.5, 0.6) is 0 Å². The Morgan fingerprint density at radius 1 is 1.35 bits per heavy atom. The Hall–Kier alpha value is -2.31. The fourth-order valence-electron chi connectivity index (χ4n) is 1.54. The van der Waals surface area contributed by atoms with Gasteiger partial charge >= 0.3 is 5.97 Å². The van der Waals surface area contributed by atoms with Crippen molar-refractivity contribution < 1.29 is 14.3 Å². The number of rotatable bonds is 5. The lowest BCUT2D eigenvalue weighted by molar-refractivity contribution is -0.122. The minimum atomic E-state index is -0.566. The van der Waals surface area contributed by atoms with Crippen molar-refractivity contribution in [1.82, 2.24) is 10.3 Å². The highest BCUT2D eigenvalue weighted by atomic mass is 16.5. The molecule has 20 heavy (non-hydrogen) atoms. The Balaban J connectivity index is 2.91. The van der Waals surface area contributed by atoms with E-state index >= 15 is 0 Å². The fraction of sp³-hybridized carbons (Fsp3) is 0.462. The van der Waals surface area contributed by atoms with Crippen molar-refractivity contribution in [2.24, 2.45) is 0 Å². The van der Waals surface area contributed by atoms with Crippen LogP contribution in [0.4, 0.5) is 11.5 Å². The van der Waals surface area contributed by atoms with E-state index in [1.54, 1.807) is 6.92 Å². The molecular formula is C13H20N4O3. The van der Waals surface area contributed by atoms with E-state index in [0.29, 0.717) is 5.69 Å². The van der Waals surface area contributed by atoms with Crippen LogP contribution in [-0.4, -0.2) is 36.1 Å². The molecule has 0 aliphatic rings. The third-order valence-corrected chi connectivity index (χ3v) is 2.49. The van der Waals surface area contributed by atoms with Gasteiger partial charge in [0.05, 0.1) is 19.0 Å². The van der Waals surface area contributed by atoms with Crippen molar-refractivity contribution in [3.8, 4) is 0 Å². The number of amides is 1. The summed E-state index contributed by atoms with van der Waals surface area (Å²) in [6.07, 6.45) is 1.40. The van der Waals surface area contributed by atoms with E-state index in [9.17, 15) is 9.59 Å². The summed E-state index contributed by atoms with van der Waals surface area (Å²) in [4.78, 5) is 27.5. The van der Waals surface area contributed by atoms with Crippen molar-refractivity contribution >= 4 is 23.4 Å². The minimum Gasteiger partial charge on any atom is -0.465 e. The van der Waals surface area contributed by atoms with Crippen LogP contribution in [0, 0.1) is 0 Å². The summed E-state index contributed by atoms with van der Waals surface area (Å²) in [5.41, 5.74) is 6.13. The van der Waals surface area contributed by atoms with Gasteiger partial charge in [-0.25, -0.2) is 9.78 Å². The molecule has 1 amide bonds. The largest absolute Gasteiger partial charge is 0.465 e. The van der Waals surface area contributed by atoms with Gasteiger partial charge in [-0.1, -0.05) is 0 Å². The van der Waals surface area contributed by atoms with Gasteiger partial charge in [0.1, 0.15) is 17.4 Å². The molecule has 0 fully saturated rings. The number of nitrogen functional groups attached to an aromatic ring is 1. The monoisotopic (exact) mass is 280 g/mol. The highest BCUT2D eigenvalue weighted by Crippen LogP contribution is 2.17. The maximum absolute atomic E-state index is 11.8. The zero-order valence-electron chi connectivity index (χ0n) is 12.1. The van der Waals surface area contributed by atoms with Gasteiger partial charge in [-0.15, -0.1) is 0 Å². The van der Waals surface area contributed by atoms with Crippen molar-refractivity contribution in [3.05, 3.63) is 17.8 Å². The number of methoxy groups -OCH3 is 1. The predicted octanol–water partition coefficient (Wildman–Crippen LogP) is 0.775. The molecule has 1 heterocycles. The highest BCUT2D eigenvalue weighted by molar-refractivity contribution is 5.96. The molecule has 110 valence electrons. The Bertz CT molecular complexity index is 502. The lowest BCUT2D eigenvalue weighted by Gasteiger charge is -2.18. The molecule has 1 atom stereocenters. The van der Waals surface area contributed by atoms with Gasteiger partial charge < -0.3 is 21.1 Å².